The quantitative estimate of drug-likeness (QED) is 0.569. The zero-order chi connectivity index (χ0) is 15.8. The van der Waals surface area contributed by atoms with Gasteiger partial charge in [-0.3, -0.25) is 4.79 Å². The molecule has 0 amide bonds. The molecule has 6 heteroatoms. The van der Waals surface area contributed by atoms with Gasteiger partial charge in [0.1, 0.15) is 0 Å². The van der Waals surface area contributed by atoms with Gasteiger partial charge in [-0.2, -0.15) is 14.8 Å². The lowest BCUT2D eigenvalue weighted by atomic mass is 10.2. The predicted molar refractivity (Wildman–Crippen MR) is 85.4 cm³/mol. The van der Waals surface area contributed by atoms with Crippen LogP contribution >= 0.6 is 0 Å². The Kier molecular flexibility index (Phi) is 3.01. The lowest BCUT2D eigenvalue weighted by Gasteiger charge is -2.06. The zero-order valence-electron chi connectivity index (χ0n) is 12.3. The molecule has 0 aliphatic carbocycles. The maximum atomic E-state index is 12.5. The summed E-state index contributed by atoms with van der Waals surface area (Å²) >= 11 is 0. The molecule has 2 aromatic carbocycles. The number of aromatic nitrogens is 4. The maximum Gasteiger partial charge on any atom is 0.279 e. The summed E-state index contributed by atoms with van der Waals surface area (Å²) in [5, 5.41) is 9.58. The van der Waals surface area contributed by atoms with Gasteiger partial charge in [-0.1, -0.05) is 23.4 Å². The van der Waals surface area contributed by atoms with Crippen molar-refractivity contribution in [1.82, 2.24) is 19.9 Å². The number of fused-ring (bicyclic) bond motifs is 1. The van der Waals surface area contributed by atoms with Gasteiger partial charge < -0.3 is 4.52 Å². The first-order valence-electron chi connectivity index (χ1n) is 7.10. The van der Waals surface area contributed by atoms with E-state index >= 15 is 0 Å². The first kappa shape index (κ1) is 13.4. The minimum Gasteiger partial charge on any atom is -0.339 e. The van der Waals surface area contributed by atoms with E-state index in [1.165, 1.54) is 4.68 Å². The molecule has 0 N–H and O–H groups in total. The Balaban J connectivity index is 1.79. The van der Waals surface area contributed by atoms with Gasteiger partial charge in [0.25, 0.3) is 5.56 Å². The van der Waals surface area contributed by atoms with E-state index in [4.69, 9.17) is 4.52 Å². The average molecular weight is 304 g/mol. The highest BCUT2D eigenvalue weighted by Crippen LogP contribution is 2.17. The second-order valence-electron chi connectivity index (χ2n) is 5.13. The molecule has 0 fully saturated rings. The van der Waals surface area contributed by atoms with Crippen molar-refractivity contribution in [2.45, 2.75) is 6.92 Å². The normalized spacial score (nSPS) is 11.0. The number of hydrogen-bond acceptors (Lipinski definition) is 5. The van der Waals surface area contributed by atoms with Crippen molar-refractivity contribution in [2.75, 3.05) is 0 Å². The van der Waals surface area contributed by atoms with Gasteiger partial charge in [0.05, 0.1) is 17.3 Å². The molecule has 23 heavy (non-hydrogen) atoms. The van der Waals surface area contributed by atoms with Crippen LogP contribution in [0.15, 0.2) is 64.0 Å². The number of rotatable bonds is 2. The lowest BCUT2D eigenvalue weighted by Crippen LogP contribution is -2.20. The molecule has 0 atom stereocenters. The van der Waals surface area contributed by atoms with Gasteiger partial charge in [0, 0.05) is 17.9 Å². The molecule has 0 saturated carbocycles. The molecule has 0 saturated heterocycles. The van der Waals surface area contributed by atoms with E-state index in [9.17, 15) is 4.79 Å². The molecular weight excluding hydrogens is 292 g/mol. The van der Waals surface area contributed by atoms with Crippen LogP contribution in [0.25, 0.3) is 27.8 Å². The summed E-state index contributed by atoms with van der Waals surface area (Å²) in [5.41, 5.74) is 1.36. The largest absolute Gasteiger partial charge is 0.339 e. The Morgan fingerprint density at radius 1 is 1.04 bits per heavy atom. The molecule has 0 bridgehead atoms. The van der Waals surface area contributed by atoms with Crippen molar-refractivity contribution in [1.29, 1.82) is 0 Å². The van der Waals surface area contributed by atoms with Crippen molar-refractivity contribution in [3.8, 4) is 17.1 Å². The van der Waals surface area contributed by atoms with Gasteiger partial charge in [0.15, 0.2) is 0 Å². The minimum absolute atomic E-state index is 0.147. The first-order chi connectivity index (χ1) is 11.2. The van der Waals surface area contributed by atoms with E-state index in [0.717, 1.165) is 10.9 Å². The van der Waals surface area contributed by atoms with Gasteiger partial charge in [0.2, 0.25) is 11.7 Å². The van der Waals surface area contributed by atoms with Gasteiger partial charge in [-0.05, 0) is 30.3 Å². The number of aryl methyl sites for hydroxylation is 1. The van der Waals surface area contributed by atoms with Crippen LogP contribution in [-0.4, -0.2) is 19.9 Å². The van der Waals surface area contributed by atoms with Crippen LogP contribution in [0.3, 0.4) is 0 Å². The highest BCUT2D eigenvalue weighted by atomic mass is 16.5. The average Bonchev–Trinajstić information content (AvgIpc) is 3.02. The van der Waals surface area contributed by atoms with Crippen LogP contribution in [0.4, 0.5) is 0 Å². The Morgan fingerprint density at radius 3 is 2.57 bits per heavy atom. The van der Waals surface area contributed by atoms with Crippen molar-refractivity contribution in [3.63, 3.8) is 0 Å². The monoisotopic (exact) mass is 304 g/mol. The Bertz CT molecular complexity index is 1050. The van der Waals surface area contributed by atoms with E-state index in [0.29, 0.717) is 22.8 Å². The van der Waals surface area contributed by atoms with Crippen LogP contribution in [0, 0.1) is 6.92 Å². The van der Waals surface area contributed by atoms with Gasteiger partial charge in [-0.15, -0.1) is 0 Å². The molecule has 4 aromatic rings. The van der Waals surface area contributed by atoms with Crippen molar-refractivity contribution < 1.29 is 4.52 Å². The van der Waals surface area contributed by atoms with Crippen LogP contribution in [-0.2, 0) is 0 Å². The summed E-state index contributed by atoms with van der Waals surface area (Å²) < 4.78 is 6.35. The van der Waals surface area contributed by atoms with Crippen LogP contribution in [0.5, 0.6) is 0 Å². The highest BCUT2D eigenvalue weighted by molar-refractivity contribution is 5.80. The summed E-state index contributed by atoms with van der Waals surface area (Å²) in [6, 6.07) is 14.7. The molecule has 2 aromatic heterocycles. The minimum atomic E-state index is -0.147. The van der Waals surface area contributed by atoms with Crippen molar-refractivity contribution in [3.05, 3.63) is 71.0 Å². The van der Waals surface area contributed by atoms with E-state index in [1.54, 1.807) is 19.2 Å². The molecule has 0 aliphatic rings. The van der Waals surface area contributed by atoms with Crippen molar-refractivity contribution >= 4 is 10.8 Å². The second kappa shape index (κ2) is 5.17. The fraction of sp³-hybridized carbons (Fsp3) is 0.0588. The van der Waals surface area contributed by atoms with Gasteiger partial charge in [-0.25, -0.2) is 0 Å². The molecule has 112 valence electrons. The number of nitrogens with zero attached hydrogens (tertiary/aromatic N) is 4. The van der Waals surface area contributed by atoms with Crippen molar-refractivity contribution in [2.24, 2.45) is 0 Å². The number of hydrogen-bond donors (Lipinski definition) is 0. The molecule has 0 aliphatic heterocycles. The third-order valence-electron chi connectivity index (χ3n) is 3.59. The summed E-state index contributed by atoms with van der Waals surface area (Å²) in [4.78, 5) is 16.7. The summed E-state index contributed by atoms with van der Waals surface area (Å²) in [5.74, 6) is 1.03. The Labute approximate surface area is 131 Å². The Morgan fingerprint density at radius 2 is 1.83 bits per heavy atom. The molecule has 2 heterocycles. The summed E-state index contributed by atoms with van der Waals surface area (Å²) in [6.07, 6.45) is 1.69. The molecular formula is C17H12N4O2. The van der Waals surface area contributed by atoms with E-state index in [2.05, 4.69) is 15.2 Å². The van der Waals surface area contributed by atoms with E-state index < -0.39 is 0 Å². The lowest BCUT2D eigenvalue weighted by molar-refractivity contribution is 0.394. The fourth-order valence-electron chi connectivity index (χ4n) is 2.44. The van der Waals surface area contributed by atoms with Crippen LogP contribution in [0.2, 0.25) is 0 Å². The second-order valence-corrected chi connectivity index (χ2v) is 5.13. The molecule has 4 rings (SSSR count). The maximum absolute atomic E-state index is 12.5. The predicted octanol–water partition coefficient (Wildman–Crippen LogP) is 2.74. The van der Waals surface area contributed by atoms with E-state index in [1.807, 2.05) is 42.5 Å². The molecule has 0 radical (unpaired) electrons. The highest BCUT2D eigenvalue weighted by Gasteiger charge is 2.08. The van der Waals surface area contributed by atoms with Crippen LogP contribution < -0.4 is 5.56 Å². The SMILES string of the molecule is Cc1nc(-c2ccc(-n3ncc4ccccc4c3=O)cc2)no1. The van der Waals surface area contributed by atoms with Crippen LogP contribution in [0.1, 0.15) is 5.89 Å². The van der Waals surface area contributed by atoms with E-state index in [-0.39, 0.29) is 5.56 Å². The fourth-order valence-corrected chi connectivity index (χ4v) is 2.44. The number of benzene rings is 2. The summed E-state index contributed by atoms with van der Waals surface area (Å²) in [7, 11) is 0. The molecule has 0 unspecified atom stereocenters. The first-order valence-corrected chi connectivity index (χ1v) is 7.10. The molecule has 0 spiro atoms. The Hall–Kier alpha value is -3.28. The zero-order valence-corrected chi connectivity index (χ0v) is 12.3. The third-order valence-corrected chi connectivity index (χ3v) is 3.59. The van der Waals surface area contributed by atoms with Gasteiger partial charge >= 0.3 is 0 Å². The topological polar surface area (TPSA) is 73.8 Å². The summed E-state index contributed by atoms with van der Waals surface area (Å²) in [6.45, 7) is 1.74. The smallest absolute Gasteiger partial charge is 0.279 e. The third kappa shape index (κ3) is 2.30. The standard InChI is InChI=1S/C17H12N4O2/c1-11-19-16(20-23-11)12-6-8-14(9-7-12)21-17(22)15-5-3-2-4-13(15)10-18-21/h2-10H,1H3. The molecule has 6 nitrogen and oxygen atoms in total.